The van der Waals surface area contributed by atoms with Gasteiger partial charge in [0.1, 0.15) is 0 Å². The molecule has 0 unspecified atom stereocenters. The maximum Gasteiger partial charge on any atom is 0.255 e. The van der Waals surface area contributed by atoms with Gasteiger partial charge in [-0.05, 0) is 61.2 Å². The zero-order valence-electron chi connectivity index (χ0n) is 17.4. The summed E-state index contributed by atoms with van der Waals surface area (Å²) in [4.78, 5) is 26.1. The molecule has 2 aromatic carbocycles. The second-order valence-corrected chi connectivity index (χ2v) is 10.0. The molecule has 8 heteroatoms. The van der Waals surface area contributed by atoms with Gasteiger partial charge >= 0.3 is 0 Å². The van der Waals surface area contributed by atoms with Crippen molar-refractivity contribution < 1.29 is 18.0 Å². The van der Waals surface area contributed by atoms with Gasteiger partial charge in [0.15, 0.2) is 0 Å². The summed E-state index contributed by atoms with van der Waals surface area (Å²) in [5, 5.41) is 2.84. The molecule has 2 aromatic rings. The molecule has 2 fully saturated rings. The maximum absolute atomic E-state index is 12.6. The molecular weight excluding hydrogens is 414 g/mol. The van der Waals surface area contributed by atoms with Crippen LogP contribution in [0.15, 0.2) is 48.5 Å². The highest BCUT2D eigenvalue weighted by atomic mass is 32.2. The summed E-state index contributed by atoms with van der Waals surface area (Å²) >= 11 is 0. The molecule has 0 aromatic heterocycles. The van der Waals surface area contributed by atoms with Crippen LogP contribution in [-0.4, -0.2) is 44.2 Å². The number of benzene rings is 2. The van der Waals surface area contributed by atoms with E-state index in [2.05, 4.69) is 5.32 Å². The Bertz CT molecular complexity index is 1040. The van der Waals surface area contributed by atoms with E-state index in [0.717, 1.165) is 37.9 Å². The third-order valence-electron chi connectivity index (χ3n) is 5.78. The van der Waals surface area contributed by atoms with E-state index in [4.69, 9.17) is 0 Å². The van der Waals surface area contributed by atoms with Crippen molar-refractivity contribution in [2.24, 2.45) is 0 Å². The van der Waals surface area contributed by atoms with Crippen LogP contribution in [0.2, 0.25) is 0 Å². The quantitative estimate of drug-likeness (QED) is 0.745. The van der Waals surface area contributed by atoms with Crippen LogP contribution < -0.4 is 10.2 Å². The van der Waals surface area contributed by atoms with Gasteiger partial charge in [-0.2, -0.15) is 0 Å². The largest absolute Gasteiger partial charge is 0.322 e. The molecule has 7 nitrogen and oxygen atoms in total. The molecule has 1 N–H and O–H groups in total. The van der Waals surface area contributed by atoms with Gasteiger partial charge in [-0.3, -0.25) is 9.59 Å². The molecule has 2 aliphatic rings. The van der Waals surface area contributed by atoms with Crippen LogP contribution in [0.25, 0.3) is 0 Å². The number of amides is 2. The van der Waals surface area contributed by atoms with E-state index in [9.17, 15) is 18.0 Å². The van der Waals surface area contributed by atoms with Gasteiger partial charge in [0, 0.05) is 43.0 Å². The summed E-state index contributed by atoms with van der Waals surface area (Å²) in [6.07, 6.45) is 4.34. The summed E-state index contributed by atoms with van der Waals surface area (Å²) in [7, 11) is -3.33. The van der Waals surface area contributed by atoms with E-state index in [1.165, 1.54) is 0 Å². The van der Waals surface area contributed by atoms with Crippen molar-refractivity contribution >= 4 is 33.2 Å². The SMILES string of the molecule is O=C(Nc1ccc(N2CCCC2=O)cc1)c1ccc(CS(=O)(=O)N2CCCCC2)cc1. The van der Waals surface area contributed by atoms with E-state index in [-0.39, 0.29) is 17.6 Å². The number of nitrogens with zero attached hydrogens (tertiary/aromatic N) is 2. The van der Waals surface area contributed by atoms with Gasteiger partial charge < -0.3 is 10.2 Å². The van der Waals surface area contributed by atoms with E-state index >= 15 is 0 Å². The Labute approximate surface area is 183 Å². The fraction of sp³-hybridized carbons (Fsp3) is 0.391. The molecule has 0 radical (unpaired) electrons. The average Bonchev–Trinajstić information content (AvgIpc) is 3.21. The number of rotatable bonds is 6. The van der Waals surface area contributed by atoms with E-state index < -0.39 is 10.0 Å². The fourth-order valence-electron chi connectivity index (χ4n) is 4.05. The van der Waals surface area contributed by atoms with Gasteiger partial charge in [-0.1, -0.05) is 18.6 Å². The summed E-state index contributed by atoms with van der Waals surface area (Å²) in [6.45, 7) is 1.91. The maximum atomic E-state index is 12.6. The first-order chi connectivity index (χ1) is 14.9. The third-order valence-corrected chi connectivity index (χ3v) is 7.63. The first-order valence-corrected chi connectivity index (χ1v) is 12.3. The lowest BCUT2D eigenvalue weighted by atomic mass is 10.1. The lowest BCUT2D eigenvalue weighted by Gasteiger charge is -2.25. The molecule has 31 heavy (non-hydrogen) atoms. The Kier molecular flexibility index (Phi) is 6.38. The molecule has 0 spiro atoms. The Morgan fingerprint density at radius 3 is 2.16 bits per heavy atom. The van der Waals surface area contributed by atoms with Crippen LogP contribution in [0.1, 0.15) is 48.0 Å². The van der Waals surface area contributed by atoms with Crippen molar-refractivity contribution in [3.05, 3.63) is 59.7 Å². The van der Waals surface area contributed by atoms with Crippen molar-refractivity contribution in [2.75, 3.05) is 29.9 Å². The first kappa shape index (κ1) is 21.5. The van der Waals surface area contributed by atoms with Crippen molar-refractivity contribution in [1.82, 2.24) is 4.31 Å². The van der Waals surface area contributed by atoms with Crippen molar-refractivity contribution in [2.45, 2.75) is 37.9 Å². The van der Waals surface area contributed by atoms with E-state index in [0.29, 0.717) is 36.3 Å². The lowest BCUT2D eigenvalue weighted by molar-refractivity contribution is -0.117. The van der Waals surface area contributed by atoms with Crippen LogP contribution in [0, 0.1) is 0 Å². The molecule has 164 valence electrons. The Morgan fingerprint density at radius 2 is 1.55 bits per heavy atom. The Hall–Kier alpha value is -2.71. The van der Waals surface area contributed by atoms with Crippen LogP contribution in [0.4, 0.5) is 11.4 Å². The molecule has 0 bridgehead atoms. The van der Waals surface area contributed by atoms with E-state index in [1.54, 1.807) is 45.6 Å². The van der Waals surface area contributed by atoms with Crippen molar-refractivity contribution in [3.8, 4) is 0 Å². The molecule has 2 amide bonds. The standard InChI is InChI=1S/C23H27N3O4S/c27-22-5-4-16-26(22)21-12-10-20(11-13-21)24-23(28)19-8-6-18(7-9-19)17-31(29,30)25-14-2-1-3-15-25/h6-13H,1-5,14-17H2,(H,24,28). The third kappa shape index (κ3) is 5.14. The topological polar surface area (TPSA) is 86.8 Å². The van der Waals surface area contributed by atoms with Gasteiger partial charge in [0.2, 0.25) is 15.9 Å². The van der Waals surface area contributed by atoms with Crippen LogP contribution in [0.5, 0.6) is 0 Å². The second kappa shape index (κ2) is 9.20. The predicted molar refractivity (Wildman–Crippen MR) is 120 cm³/mol. The molecule has 0 atom stereocenters. The minimum Gasteiger partial charge on any atom is -0.322 e. The molecular formula is C23H27N3O4S. The molecule has 0 saturated carbocycles. The summed E-state index contributed by atoms with van der Waals surface area (Å²) in [5.74, 6) is -0.194. The Morgan fingerprint density at radius 1 is 0.871 bits per heavy atom. The average molecular weight is 442 g/mol. The lowest BCUT2D eigenvalue weighted by Crippen LogP contribution is -2.36. The normalized spacial score (nSPS) is 17.7. The smallest absolute Gasteiger partial charge is 0.255 e. The van der Waals surface area contributed by atoms with Crippen molar-refractivity contribution in [3.63, 3.8) is 0 Å². The Balaban J connectivity index is 1.36. The van der Waals surface area contributed by atoms with E-state index in [1.807, 2.05) is 12.1 Å². The minimum atomic E-state index is -3.33. The van der Waals surface area contributed by atoms with Gasteiger partial charge in [0.25, 0.3) is 5.91 Å². The van der Waals surface area contributed by atoms with Crippen LogP contribution in [0.3, 0.4) is 0 Å². The summed E-state index contributed by atoms with van der Waals surface area (Å²) in [5.41, 5.74) is 2.59. The molecule has 2 heterocycles. The highest BCUT2D eigenvalue weighted by Gasteiger charge is 2.24. The highest BCUT2D eigenvalue weighted by Crippen LogP contribution is 2.23. The van der Waals surface area contributed by atoms with Crippen molar-refractivity contribution in [1.29, 1.82) is 0 Å². The number of anilines is 2. The monoisotopic (exact) mass is 441 g/mol. The number of carbonyl (C=O) groups is 2. The molecule has 4 rings (SSSR count). The summed E-state index contributed by atoms with van der Waals surface area (Å²) in [6, 6.07) is 13.9. The van der Waals surface area contributed by atoms with Gasteiger partial charge in [-0.15, -0.1) is 0 Å². The molecule has 0 aliphatic carbocycles. The predicted octanol–water partition coefficient (Wildman–Crippen LogP) is 3.38. The second-order valence-electron chi connectivity index (χ2n) is 8.06. The number of nitrogens with one attached hydrogen (secondary N) is 1. The number of hydrogen-bond donors (Lipinski definition) is 1. The number of sulfonamides is 1. The zero-order valence-corrected chi connectivity index (χ0v) is 18.2. The highest BCUT2D eigenvalue weighted by molar-refractivity contribution is 7.88. The molecule has 2 saturated heterocycles. The minimum absolute atomic E-state index is 0.0500. The molecule has 2 aliphatic heterocycles. The number of piperidine rings is 1. The zero-order chi connectivity index (χ0) is 21.8. The van der Waals surface area contributed by atoms with Gasteiger partial charge in [-0.25, -0.2) is 12.7 Å². The number of carbonyl (C=O) groups excluding carboxylic acids is 2. The fourth-order valence-corrected chi connectivity index (χ4v) is 5.66. The number of hydrogen-bond acceptors (Lipinski definition) is 4. The first-order valence-electron chi connectivity index (χ1n) is 10.7. The summed E-state index contributed by atoms with van der Waals surface area (Å²) < 4.78 is 26.7. The van der Waals surface area contributed by atoms with Gasteiger partial charge in [0.05, 0.1) is 5.75 Å². The van der Waals surface area contributed by atoms with Crippen LogP contribution in [-0.2, 0) is 20.6 Å². The van der Waals surface area contributed by atoms with Crippen LogP contribution >= 0.6 is 0 Å².